The molecule has 0 spiro atoms. The molecule has 0 aliphatic carbocycles. The van der Waals surface area contributed by atoms with Crippen molar-refractivity contribution in [2.75, 3.05) is 32.3 Å². The highest BCUT2D eigenvalue weighted by atomic mass is 31.2. The molecule has 0 bridgehead atoms. The average Bonchev–Trinajstić information content (AvgIpc) is 4.36. The number of aromatic nitrogens is 6. The largest absolute Gasteiger partial charge is 0.475 e. The summed E-state index contributed by atoms with van der Waals surface area (Å²) in [6.07, 6.45) is -4.32. The van der Waals surface area contributed by atoms with Gasteiger partial charge in [0.05, 0.1) is 26.1 Å². The highest BCUT2D eigenvalue weighted by Gasteiger charge is 2.56. The highest BCUT2D eigenvalue weighted by molar-refractivity contribution is 7.48. The predicted molar refractivity (Wildman–Crippen MR) is 291 cm³/mol. The van der Waals surface area contributed by atoms with E-state index in [1.165, 1.54) is 31.0 Å². The Labute approximate surface area is 453 Å². The van der Waals surface area contributed by atoms with Gasteiger partial charge in [0.15, 0.2) is 31.9 Å². The molecule has 3 aromatic heterocycles. The average molecular weight is 1100 g/mol. The van der Waals surface area contributed by atoms with Crippen molar-refractivity contribution in [1.29, 1.82) is 0 Å². The summed E-state index contributed by atoms with van der Waals surface area (Å²) in [5, 5.41) is -0.255. The molecule has 3 aliphatic rings. The zero-order valence-electron chi connectivity index (χ0n) is 44.7. The molecule has 3 fully saturated rings. The number of fused-ring (bicyclic) bond motifs is 2. The Morgan fingerprint density at radius 1 is 0.731 bits per heavy atom. The maximum absolute atomic E-state index is 14.8. The number of phosphoric acid groups is 1. The van der Waals surface area contributed by atoms with E-state index in [1.807, 2.05) is 97.1 Å². The number of rotatable bonds is 21. The zero-order chi connectivity index (χ0) is 54.6. The minimum absolute atomic E-state index is 0.180. The van der Waals surface area contributed by atoms with Crippen LogP contribution in [0.3, 0.4) is 0 Å². The van der Waals surface area contributed by atoms with E-state index >= 15 is 0 Å². The molecule has 9 atom stereocenters. The van der Waals surface area contributed by atoms with Crippen molar-refractivity contribution >= 4 is 33.3 Å². The number of hydrogen-bond acceptors (Lipinski definition) is 17. The fourth-order valence-corrected chi connectivity index (χ4v) is 12.2. The molecule has 0 radical (unpaired) electrons. The Balaban J connectivity index is 0.913. The molecule has 4 aromatic carbocycles. The maximum Gasteiger partial charge on any atom is 0.475 e. The van der Waals surface area contributed by atoms with Crippen LogP contribution in [0.15, 0.2) is 150 Å². The number of hydrogen-bond donors (Lipinski definition) is 0. The molecule has 412 valence electrons. The lowest BCUT2D eigenvalue weighted by atomic mass is 10.1. The van der Waals surface area contributed by atoms with Crippen molar-refractivity contribution in [3.05, 3.63) is 183 Å². The van der Waals surface area contributed by atoms with E-state index in [4.69, 9.17) is 61.4 Å². The number of ether oxygens (including phenoxy) is 6. The maximum atomic E-state index is 14.8. The molecule has 20 nitrogen and oxygen atoms in total. The topological polar surface area (TPSA) is 200 Å². The van der Waals surface area contributed by atoms with Crippen molar-refractivity contribution in [3.8, 4) is 5.88 Å². The van der Waals surface area contributed by atoms with E-state index in [2.05, 4.69) is 63.0 Å². The second-order valence-corrected chi connectivity index (χ2v) is 27.3. The van der Waals surface area contributed by atoms with E-state index in [0.717, 1.165) is 26.8 Å². The van der Waals surface area contributed by atoms with Gasteiger partial charge in [-0.3, -0.25) is 27.5 Å². The third-order valence-electron chi connectivity index (χ3n) is 14.7. The first-order chi connectivity index (χ1) is 37.6. The van der Waals surface area contributed by atoms with Crippen LogP contribution in [-0.4, -0.2) is 101 Å². The normalized spacial score (nSPS) is 24.3. The van der Waals surface area contributed by atoms with Gasteiger partial charge in [-0.15, -0.1) is 0 Å². The number of anilines is 1. The van der Waals surface area contributed by atoms with Gasteiger partial charge in [0.2, 0.25) is 11.8 Å². The quantitative estimate of drug-likeness (QED) is 0.0489. The van der Waals surface area contributed by atoms with Gasteiger partial charge in [0.1, 0.15) is 50.0 Å². The standard InChI is InChI=1S/C56H66N7O13PSi/c1-56(2,3)78(6,7)76-47-43(74-52(49(47)68-5)61-29-28-44(64)63(55(61)65)37-69-32-40-24-16-10-17-25-40)35-72-77(66)71-34-42-46(75-77)48(67-4)53(73-42)62-36-57-45-50(62)58-54(59-51(45)70-33-41-26-18-11-19-27-41)60(30-38-20-12-8-13-21-38)31-39-22-14-9-15-23-39/h8-29,36,42-43,46-49,52-53H,30-35,37H2,1-7H3/t42-,43-,46-,47-,48-,49-,52-,53-,77+/m1/s1. The lowest BCUT2D eigenvalue weighted by Crippen LogP contribution is -2.50. The van der Waals surface area contributed by atoms with Crippen LogP contribution in [0.25, 0.3) is 11.2 Å². The summed E-state index contributed by atoms with van der Waals surface area (Å²) in [5.41, 5.74) is 3.49. The Kier molecular flexibility index (Phi) is 16.7. The summed E-state index contributed by atoms with van der Waals surface area (Å²) >= 11 is 0. The summed E-state index contributed by atoms with van der Waals surface area (Å²) in [6, 6.07) is 40.7. The summed E-state index contributed by atoms with van der Waals surface area (Å²) in [5.74, 6) is 0.664. The smallest absolute Gasteiger partial charge is 0.471 e. The number of nitrogens with zero attached hydrogens (tertiary/aromatic N) is 7. The van der Waals surface area contributed by atoms with Gasteiger partial charge < -0.3 is 37.7 Å². The van der Waals surface area contributed by atoms with Gasteiger partial charge in [-0.2, -0.15) is 9.97 Å². The first kappa shape index (κ1) is 55.1. The van der Waals surface area contributed by atoms with Gasteiger partial charge in [-0.25, -0.2) is 18.9 Å². The molecule has 6 heterocycles. The van der Waals surface area contributed by atoms with E-state index in [-0.39, 0.29) is 44.1 Å². The lowest BCUT2D eigenvalue weighted by Gasteiger charge is -2.40. The summed E-state index contributed by atoms with van der Waals surface area (Å²) < 4.78 is 82.0. The van der Waals surface area contributed by atoms with E-state index < -0.39 is 76.5 Å². The molecule has 10 rings (SSSR count). The molecule has 3 aliphatic heterocycles. The first-order valence-corrected chi connectivity index (χ1v) is 30.3. The van der Waals surface area contributed by atoms with Crippen LogP contribution in [0.1, 0.15) is 55.5 Å². The molecule has 0 N–H and O–H groups in total. The Morgan fingerprint density at radius 3 is 1.92 bits per heavy atom. The SMILES string of the molecule is CO[C@@H]1[C@H](O[Si](C)(C)C(C)(C)C)[C@@H](CO[P@]2(=O)OC[C@H]3O[C@@H](n4cnc5c(OCc6ccccc6)nc(N(Cc6ccccc6)Cc6ccccc6)nc54)[C@H](OC)[C@@H]3O2)O[C@H]1n1ccc(=O)n(COCc2ccccc2)c1=O. The summed E-state index contributed by atoms with van der Waals surface area (Å²) in [7, 11) is -3.98. The molecule has 0 saturated carbocycles. The number of phosphoric ester groups is 1. The van der Waals surface area contributed by atoms with E-state index in [9.17, 15) is 14.2 Å². The fourth-order valence-electron chi connectivity index (χ4n) is 9.51. The van der Waals surface area contributed by atoms with Crippen LogP contribution in [0, 0.1) is 0 Å². The summed E-state index contributed by atoms with van der Waals surface area (Å²) in [4.78, 5) is 44.3. The molecule has 0 unspecified atom stereocenters. The molecular weight excluding hydrogens is 1040 g/mol. The third kappa shape index (κ3) is 12.0. The van der Waals surface area contributed by atoms with Gasteiger partial charge in [0.25, 0.3) is 5.56 Å². The van der Waals surface area contributed by atoms with Gasteiger partial charge in [0, 0.05) is 39.6 Å². The van der Waals surface area contributed by atoms with E-state index in [0.29, 0.717) is 30.2 Å². The van der Waals surface area contributed by atoms with E-state index in [1.54, 1.807) is 10.9 Å². The third-order valence-corrected chi connectivity index (χ3v) is 20.6. The second-order valence-electron chi connectivity index (χ2n) is 21.0. The van der Waals surface area contributed by atoms with Crippen molar-refractivity contribution in [3.63, 3.8) is 0 Å². The second kappa shape index (κ2) is 23.6. The fraction of sp³-hybridized carbons (Fsp3) is 0.411. The molecule has 0 amide bonds. The zero-order valence-corrected chi connectivity index (χ0v) is 46.6. The Hall–Kier alpha value is -6.20. The van der Waals surface area contributed by atoms with Crippen LogP contribution in [-0.2, 0) is 79.3 Å². The molecule has 78 heavy (non-hydrogen) atoms. The van der Waals surface area contributed by atoms with Crippen molar-refractivity contribution in [1.82, 2.24) is 28.7 Å². The van der Waals surface area contributed by atoms with Crippen LogP contribution in [0.2, 0.25) is 18.1 Å². The predicted octanol–water partition coefficient (Wildman–Crippen LogP) is 8.57. The number of imidazole rings is 1. The van der Waals surface area contributed by atoms with Gasteiger partial charge >= 0.3 is 13.5 Å². The highest BCUT2D eigenvalue weighted by Crippen LogP contribution is 2.58. The van der Waals surface area contributed by atoms with Crippen LogP contribution < -0.4 is 20.9 Å². The molecule has 7 aromatic rings. The van der Waals surface area contributed by atoms with Crippen LogP contribution in [0.5, 0.6) is 5.88 Å². The van der Waals surface area contributed by atoms with Crippen LogP contribution in [0.4, 0.5) is 5.95 Å². The number of benzene rings is 4. The molecule has 3 saturated heterocycles. The Morgan fingerprint density at radius 2 is 1.32 bits per heavy atom. The van der Waals surface area contributed by atoms with Gasteiger partial charge in [-0.1, -0.05) is 142 Å². The summed E-state index contributed by atoms with van der Waals surface area (Å²) in [6.45, 7) is 11.0. The minimum atomic E-state index is -4.40. The monoisotopic (exact) mass is 1100 g/mol. The molecular formula is C56H66N7O13PSi. The van der Waals surface area contributed by atoms with Gasteiger partial charge in [-0.05, 0) is 40.4 Å². The molecule has 22 heteroatoms. The van der Waals surface area contributed by atoms with Crippen molar-refractivity contribution in [2.45, 2.75) is 121 Å². The Bertz CT molecular complexity index is 3250. The van der Waals surface area contributed by atoms with Crippen LogP contribution >= 0.6 is 7.82 Å². The number of methoxy groups -OCH3 is 2. The lowest BCUT2D eigenvalue weighted by molar-refractivity contribution is -0.0849. The first-order valence-electron chi connectivity index (χ1n) is 25.9. The minimum Gasteiger partial charge on any atom is -0.471 e. The van der Waals surface area contributed by atoms with Crippen molar-refractivity contribution < 1.29 is 51.0 Å². The van der Waals surface area contributed by atoms with Crippen molar-refractivity contribution in [2.24, 2.45) is 0 Å².